The molecule has 0 aliphatic heterocycles. The molecule has 0 fully saturated rings. The molecule has 20 heavy (non-hydrogen) atoms. The van der Waals surface area contributed by atoms with E-state index in [1.165, 1.54) is 0 Å². The van der Waals surface area contributed by atoms with Gasteiger partial charge in [0.2, 0.25) is 5.91 Å². The van der Waals surface area contributed by atoms with Crippen molar-refractivity contribution in [3.05, 3.63) is 41.7 Å². The highest BCUT2D eigenvalue weighted by atomic mass is 35.5. The Balaban J connectivity index is 1.93. The number of aromatic nitrogens is 2. The van der Waals surface area contributed by atoms with Crippen LogP contribution in [0, 0.1) is 0 Å². The minimum absolute atomic E-state index is 0.0167. The van der Waals surface area contributed by atoms with Crippen LogP contribution in [0.2, 0.25) is 5.02 Å². The van der Waals surface area contributed by atoms with Gasteiger partial charge < -0.3 is 10.1 Å². The first-order valence-electron chi connectivity index (χ1n) is 6.28. The molecule has 6 heteroatoms. The zero-order valence-corrected chi connectivity index (χ0v) is 11.9. The van der Waals surface area contributed by atoms with E-state index in [4.69, 9.17) is 16.3 Å². The molecule has 0 bridgehead atoms. The molecule has 106 valence electrons. The van der Waals surface area contributed by atoms with Gasteiger partial charge in [0, 0.05) is 32.0 Å². The maximum atomic E-state index is 11.6. The van der Waals surface area contributed by atoms with Gasteiger partial charge in [-0.2, -0.15) is 5.10 Å². The van der Waals surface area contributed by atoms with E-state index in [9.17, 15) is 4.79 Å². The molecule has 2 rings (SSSR count). The lowest BCUT2D eigenvalue weighted by molar-refractivity contribution is -0.116. The first kappa shape index (κ1) is 14.6. The van der Waals surface area contributed by atoms with Crippen LogP contribution in [0.25, 0.3) is 5.69 Å². The van der Waals surface area contributed by atoms with Crippen LogP contribution in [0.3, 0.4) is 0 Å². The van der Waals surface area contributed by atoms with Gasteiger partial charge in [0.25, 0.3) is 0 Å². The fourth-order valence-corrected chi connectivity index (χ4v) is 1.88. The first-order chi connectivity index (χ1) is 9.69. The number of nitrogens with one attached hydrogen (secondary N) is 1. The number of anilines is 1. The molecule has 1 aromatic carbocycles. The molecule has 5 nitrogen and oxygen atoms in total. The van der Waals surface area contributed by atoms with Crippen molar-refractivity contribution in [1.29, 1.82) is 0 Å². The Labute approximate surface area is 122 Å². The van der Waals surface area contributed by atoms with Crippen molar-refractivity contribution in [2.24, 2.45) is 0 Å². The molecule has 1 amide bonds. The van der Waals surface area contributed by atoms with E-state index < -0.39 is 0 Å². The van der Waals surface area contributed by atoms with Crippen molar-refractivity contribution in [2.75, 3.05) is 19.0 Å². The molecule has 1 heterocycles. The van der Waals surface area contributed by atoms with E-state index in [-0.39, 0.29) is 5.91 Å². The standard InChI is InChI=1S/C14H16ClN3O2/c1-20-8-2-3-14(19)17-12-4-6-13(7-5-12)18-10-11(15)9-16-18/h4-7,9-10H,2-3,8H2,1H3,(H,17,19). The second-order valence-electron chi connectivity index (χ2n) is 4.29. The van der Waals surface area contributed by atoms with Crippen LogP contribution < -0.4 is 5.32 Å². The van der Waals surface area contributed by atoms with Gasteiger partial charge in [-0.3, -0.25) is 4.79 Å². The SMILES string of the molecule is COCCCC(=O)Nc1ccc(-n2cc(Cl)cn2)cc1. The molecule has 0 aliphatic carbocycles. The van der Waals surface area contributed by atoms with Gasteiger partial charge in [0.1, 0.15) is 0 Å². The Morgan fingerprint density at radius 1 is 1.40 bits per heavy atom. The maximum absolute atomic E-state index is 11.6. The second-order valence-corrected chi connectivity index (χ2v) is 4.73. The van der Waals surface area contributed by atoms with Crippen molar-refractivity contribution in [2.45, 2.75) is 12.8 Å². The van der Waals surface area contributed by atoms with Crippen LogP contribution >= 0.6 is 11.6 Å². The summed E-state index contributed by atoms with van der Waals surface area (Å²) in [5, 5.41) is 7.53. The molecule has 0 aliphatic rings. The number of nitrogens with zero attached hydrogens (tertiary/aromatic N) is 2. The third-order valence-corrected chi connectivity index (χ3v) is 2.91. The molecule has 1 N–H and O–H groups in total. The Morgan fingerprint density at radius 3 is 2.75 bits per heavy atom. The van der Waals surface area contributed by atoms with E-state index >= 15 is 0 Å². The number of hydrogen-bond donors (Lipinski definition) is 1. The predicted octanol–water partition coefficient (Wildman–Crippen LogP) is 2.89. The molecule has 0 unspecified atom stereocenters. The van der Waals surface area contributed by atoms with Gasteiger partial charge in [-0.05, 0) is 30.7 Å². The van der Waals surface area contributed by atoms with Crippen molar-refractivity contribution < 1.29 is 9.53 Å². The Kier molecular flexibility index (Phi) is 5.15. The van der Waals surface area contributed by atoms with E-state index in [1.54, 1.807) is 24.2 Å². The van der Waals surface area contributed by atoms with Gasteiger partial charge in [-0.25, -0.2) is 4.68 Å². The van der Waals surface area contributed by atoms with Gasteiger partial charge in [0.05, 0.1) is 16.9 Å². The fraction of sp³-hybridized carbons (Fsp3) is 0.286. The zero-order valence-electron chi connectivity index (χ0n) is 11.2. The topological polar surface area (TPSA) is 56.1 Å². The van der Waals surface area contributed by atoms with Crippen LogP contribution in [0.15, 0.2) is 36.7 Å². The van der Waals surface area contributed by atoms with Crippen LogP contribution in [0.1, 0.15) is 12.8 Å². The number of hydrogen-bond acceptors (Lipinski definition) is 3. The molecule has 0 atom stereocenters. The van der Waals surface area contributed by atoms with Crippen molar-refractivity contribution in [3.63, 3.8) is 0 Å². The predicted molar refractivity (Wildman–Crippen MR) is 78.3 cm³/mol. The van der Waals surface area contributed by atoms with E-state index in [0.717, 1.165) is 11.4 Å². The number of carbonyl (C=O) groups is 1. The van der Waals surface area contributed by atoms with E-state index in [0.29, 0.717) is 24.5 Å². The first-order valence-corrected chi connectivity index (χ1v) is 6.66. The van der Waals surface area contributed by atoms with Gasteiger partial charge in [-0.1, -0.05) is 11.6 Å². The summed E-state index contributed by atoms with van der Waals surface area (Å²) >= 11 is 5.82. The highest BCUT2D eigenvalue weighted by molar-refractivity contribution is 6.30. The summed E-state index contributed by atoms with van der Waals surface area (Å²) in [6, 6.07) is 7.40. The molecule has 0 saturated carbocycles. The van der Waals surface area contributed by atoms with Gasteiger partial charge in [0.15, 0.2) is 0 Å². The average molecular weight is 294 g/mol. The monoisotopic (exact) mass is 293 g/mol. The zero-order chi connectivity index (χ0) is 14.4. The van der Waals surface area contributed by atoms with Crippen LogP contribution in [-0.2, 0) is 9.53 Å². The molecule has 2 aromatic rings. The van der Waals surface area contributed by atoms with Crippen molar-refractivity contribution in [1.82, 2.24) is 9.78 Å². The summed E-state index contributed by atoms with van der Waals surface area (Å²) in [4.78, 5) is 11.6. The van der Waals surface area contributed by atoms with Crippen molar-refractivity contribution >= 4 is 23.2 Å². The van der Waals surface area contributed by atoms with Crippen LogP contribution in [0.4, 0.5) is 5.69 Å². The summed E-state index contributed by atoms with van der Waals surface area (Å²) in [7, 11) is 1.62. The third-order valence-electron chi connectivity index (χ3n) is 2.72. The number of amides is 1. The van der Waals surface area contributed by atoms with Gasteiger partial charge in [-0.15, -0.1) is 0 Å². The minimum atomic E-state index is -0.0167. The van der Waals surface area contributed by atoms with E-state index in [2.05, 4.69) is 10.4 Å². The van der Waals surface area contributed by atoms with Gasteiger partial charge >= 0.3 is 0 Å². The number of rotatable bonds is 6. The Hall–Kier alpha value is -1.85. The highest BCUT2D eigenvalue weighted by Crippen LogP contribution is 2.15. The summed E-state index contributed by atoms with van der Waals surface area (Å²) < 4.78 is 6.58. The fourth-order valence-electron chi connectivity index (χ4n) is 1.74. The van der Waals surface area contributed by atoms with Crippen molar-refractivity contribution in [3.8, 4) is 5.69 Å². The quantitative estimate of drug-likeness (QED) is 0.833. The maximum Gasteiger partial charge on any atom is 0.224 e. The molecule has 1 aromatic heterocycles. The highest BCUT2D eigenvalue weighted by Gasteiger charge is 2.03. The third kappa shape index (κ3) is 4.08. The molecule has 0 spiro atoms. The number of ether oxygens (including phenoxy) is 1. The lowest BCUT2D eigenvalue weighted by Gasteiger charge is -2.06. The summed E-state index contributed by atoms with van der Waals surface area (Å²) in [5.41, 5.74) is 1.64. The Bertz CT molecular complexity index is 566. The van der Waals surface area contributed by atoms with Crippen LogP contribution in [0.5, 0.6) is 0 Å². The molecular formula is C14H16ClN3O2. The smallest absolute Gasteiger partial charge is 0.224 e. The van der Waals surface area contributed by atoms with E-state index in [1.807, 2.05) is 24.3 Å². The summed E-state index contributed by atoms with van der Waals surface area (Å²) in [6.07, 6.45) is 4.46. The largest absolute Gasteiger partial charge is 0.385 e. The summed E-state index contributed by atoms with van der Waals surface area (Å²) in [5.74, 6) is -0.0167. The lowest BCUT2D eigenvalue weighted by Crippen LogP contribution is -2.12. The number of carbonyl (C=O) groups excluding carboxylic acids is 1. The number of methoxy groups -OCH3 is 1. The molecular weight excluding hydrogens is 278 g/mol. The number of benzene rings is 1. The molecule has 0 radical (unpaired) electrons. The summed E-state index contributed by atoms with van der Waals surface area (Å²) in [6.45, 7) is 0.590. The Morgan fingerprint density at radius 2 is 2.15 bits per heavy atom. The second kappa shape index (κ2) is 7.07. The number of halogens is 1. The average Bonchev–Trinajstić information content (AvgIpc) is 2.86. The van der Waals surface area contributed by atoms with Crippen LogP contribution in [-0.4, -0.2) is 29.4 Å². The molecule has 0 saturated heterocycles. The normalized spacial score (nSPS) is 10.5. The lowest BCUT2D eigenvalue weighted by atomic mass is 10.2. The minimum Gasteiger partial charge on any atom is -0.385 e.